The molecule has 7 nitrogen and oxygen atoms in total. The molecule has 3 rings (SSSR count). The van der Waals surface area contributed by atoms with Crippen molar-refractivity contribution in [3.8, 4) is 5.75 Å². The first kappa shape index (κ1) is 12.6. The van der Waals surface area contributed by atoms with Gasteiger partial charge in [-0.25, -0.2) is 9.97 Å². The van der Waals surface area contributed by atoms with Crippen LogP contribution in [-0.4, -0.2) is 42.6 Å². The Hall–Kier alpha value is -2.44. The maximum atomic E-state index is 12.5. The van der Waals surface area contributed by atoms with E-state index in [-0.39, 0.29) is 23.4 Å². The van der Waals surface area contributed by atoms with Crippen molar-refractivity contribution in [2.75, 3.05) is 6.54 Å². The number of aromatic amines is 1. The first-order chi connectivity index (χ1) is 9.66. The van der Waals surface area contributed by atoms with Gasteiger partial charge < -0.3 is 10.0 Å². The summed E-state index contributed by atoms with van der Waals surface area (Å²) in [6.45, 7) is 2.44. The van der Waals surface area contributed by atoms with Crippen molar-refractivity contribution in [3.05, 3.63) is 35.7 Å². The fraction of sp³-hybridized carbons (Fsp3) is 0.385. The Kier molecular flexibility index (Phi) is 3.09. The van der Waals surface area contributed by atoms with E-state index in [0.29, 0.717) is 12.4 Å². The highest BCUT2D eigenvalue weighted by atomic mass is 16.3. The van der Waals surface area contributed by atoms with E-state index in [1.165, 1.54) is 12.3 Å². The molecule has 1 aliphatic heterocycles. The van der Waals surface area contributed by atoms with E-state index < -0.39 is 0 Å². The molecule has 1 amide bonds. The van der Waals surface area contributed by atoms with Gasteiger partial charge in [0.25, 0.3) is 5.91 Å². The SMILES string of the molecule is Cc1nc([C@@H]2CCCN2C(=O)c2ncccc2O)n[nH]1. The highest BCUT2D eigenvalue weighted by molar-refractivity contribution is 5.95. The quantitative estimate of drug-likeness (QED) is 0.857. The number of H-pyrrole nitrogens is 1. The van der Waals surface area contributed by atoms with Crippen LogP contribution in [0.2, 0.25) is 0 Å². The average molecular weight is 273 g/mol. The van der Waals surface area contributed by atoms with E-state index in [1.807, 2.05) is 6.92 Å². The number of pyridine rings is 1. The molecular weight excluding hydrogens is 258 g/mol. The summed E-state index contributed by atoms with van der Waals surface area (Å²) >= 11 is 0. The summed E-state index contributed by atoms with van der Waals surface area (Å²) in [4.78, 5) is 22.4. The Morgan fingerprint density at radius 2 is 2.40 bits per heavy atom. The number of aromatic hydroxyl groups is 1. The second kappa shape index (κ2) is 4.92. The zero-order valence-corrected chi connectivity index (χ0v) is 11.1. The topological polar surface area (TPSA) is 95.0 Å². The predicted octanol–water partition coefficient (Wildman–Crippen LogP) is 1.19. The van der Waals surface area contributed by atoms with Crippen molar-refractivity contribution in [1.82, 2.24) is 25.1 Å². The lowest BCUT2D eigenvalue weighted by atomic mass is 10.2. The summed E-state index contributed by atoms with van der Waals surface area (Å²) in [5.74, 6) is 0.950. The van der Waals surface area contributed by atoms with Gasteiger partial charge in [-0.3, -0.25) is 9.89 Å². The molecule has 0 bridgehead atoms. The monoisotopic (exact) mass is 273 g/mol. The largest absolute Gasteiger partial charge is 0.505 e. The van der Waals surface area contributed by atoms with Gasteiger partial charge in [-0.15, -0.1) is 0 Å². The van der Waals surface area contributed by atoms with E-state index in [0.717, 1.165) is 18.7 Å². The van der Waals surface area contributed by atoms with Gasteiger partial charge in [0, 0.05) is 12.7 Å². The summed E-state index contributed by atoms with van der Waals surface area (Å²) in [7, 11) is 0. The third-order valence-corrected chi connectivity index (χ3v) is 3.42. The second-order valence-corrected chi connectivity index (χ2v) is 4.81. The molecule has 0 aromatic carbocycles. The summed E-state index contributed by atoms with van der Waals surface area (Å²) in [5, 5.41) is 16.7. The summed E-state index contributed by atoms with van der Waals surface area (Å²) in [6.07, 6.45) is 3.20. The smallest absolute Gasteiger partial charge is 0.276 e. The molecule has 0 aliphatic carbocycles. The van der Waals surface area contributed by atoms with E-state index in [2.05, 4.69) is 20.2 Å². The molecule has 0 unspecified atom stereocenters. The fourth-order valence-corrected chi connectivity index (χ4v) is 2.48. The molecule has 1 aliphatic rings. The summed E-state index contributed by atoms with van der Waals surface area (Å²) in [6, 6.07) is 2.89. The summed E-state index contributed by atoms with van der Waals surface area (Å²) in [5.41, 5.74) is 0.0756. The van der Waals surface area contributed by atoms with Crippen LogP contribution in [0, 0.1) is 6.92 Å². The van der Waals surface area contributed by atoms with Gasteiger partial charge in [0.1, 0.15) is 11.6 Å². The number of nitrogens with one attached hydrogen (secondary N) is 1. The van der Waals surface area contributed by atoms with Gasteiger partial charge in [-0.05, 0) is 31.9 Å². The fourth-order valence-electron chi connectivity index (χ4n) is 2.48. The summed E-state index contributed by atoms with van der Waals surface area (Å²) < 4.78 is 0. The van der Waals surface area contributed by atoms with Crippen molar-refractivity contribution in [2.45, 2.75) is 25.8 Å². The van der Waals surface area contributed by atoms with Crippen LogP contribution >= 0.6 is 0 Å². The van der Waals surface area contributed by atoms with E-state index in [4.69, 9.17) is 0 Å². The standard InChI is InChI=1S/C13H15N5O2/c1-8-15-12(17-16-8)9-4-3-7-18(9)13(20)11-10(19)5-2-6-14-11/h2,5-6,9,19H,3-4,7H2,1H3,(H,15,16,17)/t9-/m0/s1. The van der Waals surface area contributed by atoms with Crippen LogP contribution in [0.5, 0.6) is 5.75 Å². The zero-order chi connectivity index (χ0) is 14.1. The molecule has 7 heteroatoms. The minimum absolute atomic E-state index is 0.0756. The molecule has 3 heterocycles. The van der Waals surface area contributed by atoms with Crippen molar-refractivity contribution < 1.29 is 9.90 Å². The van der Waals surface area contributed by atoms with Crippen LogP contribution in [0.25, 0.3) is 0 Å². The molecule has 1 fully saturated rings. The molecule has 2 aromatic rings. The van der Waals surface area contributed by atoms with Gasteiger partial charge in [0.15, 0.2) is 11.5 Å². The zero-order valence-electron chi connectivity index (χ0n) is 11.1. The van der Waals surface area contributed by atoms with Crippen LogP contribution in [0.1, 0.15) is 41.0 Å². The molecule has 2 N–H and O–H groups in total. The van der Waals surface area contributed by atoms with Crippen LogP contribution in [0.4, 0.5) is 0 Å². The van der Waals surface area contributed by atoms with E-state index in [9.17, 15) is 9.90 Å². The predicted molar refractivity (Wildman–Crippen MR) is 70.0 cm³/mol. The molecule has 1 atom stereocenters. The molecule has 0 radical (unpaired) electrons. The number of hydrogen-bond acceptors (Lipinski definition) is 5. The Bertz CT molecular complexity index is 639. The lowest BCUT2D eigenvalue weighted by molar-refractivity contribution is 0.0720. The first-order valence-electron chi connectivity index (χ1n) is 6.50. The van der Waals surface area contributed by atoms with Crippen LogP contribution in [0.3, 0.4) is 0 Å². The number of rotatable bonds is 2. The number of aryl methyl sites for hydroxylation is 1. The number of carbonyl (C=O) groups is 1. The van der Waals surface area contributed by atoms with Crippen molar-refractivity contribution in [2.24, 2.45) is 0 Å². The molecule has 0 saturated carbocycles. The number of amides is 1. The minimum atomic E-state index is -0.284. The van der Waals surface area contributed by atoms with Crippen LogP contribution < -0.4 is 0 Å². The van der Waals surface area contributed by atoms with Crippen LogP contribution in [-0.2, 0) is 0 Å². The Balaban J connectivity index is 1.89. The lowest BCUT2D eigenvalue weighted by Crippen LogP contribution is -2.31. The highest BCUT2D eigenvalue weighted by Gasteiger charge is 2.34. The molecule has 1 saturated heterocycles. The van der Waals surface area contributed by atoms with Gasteiger partial charge in [-0.2, -0.15) is 5.10 Å². The normalized spacial score (nSPS) is 18.4. The average Bonchev–Trinajstić information content (AvgIpc) is 3.06. The Morgan fingerprint density at radius 3 is 3.10 bits per heavy atom. The maximum absolute atomic E-state index is 12.5. The number of aromatic nitrogens is 4. The number of hydrogen-bond donors (Lipinski definition) is 2. The van der Waals surface area contributed by atoms with Gasteiger partial charge >= 0.3 is 0 Å². The van der Waals surface area contributed by atoms with Gasteiger partial charge in [0.05, 0.1) is 6.04 Å². The number of likely N-dealkylation sites (tertiary alicyclic amines) is 1. The Morgan fingerprint density at radius 1 is 1.55 bits per heavy atom. The van der Waals surface area contributed by atoms with Crippen molar-refractivity contribution in [3.63, 3.8) is 0 Å². The van der Waals surface area contributed by atoms with Crippen LogP contribution in [0.15, 0.2) is 18.3 Å². The third-order valence-electron chi connectivity index (χ3n) is 3.42. The second-order valence-electron chi connectivity index (χ2n) is 4.81. The number of nitrogens with zero attached hydrogens (tertiary/aromatic N) is 4. The first-order valence-corrected chi connectivity index (χ1v) is 6.50. The third kappa shape index (κ3) is 2.11. The molecule has 20 heavy (non-hydrogen) atoms. The molecule has 0 spiro atoms. The molecule has 2 aromatic heterocycles. The van der Waals surface area contributed by atoms with Crippen molar-refractivity contribution in [1.29, 1.82) is 0 Å². The highest BCUT2D eigenvalue weighted by Crippen LogP contribution is 2.32. The van der Waals surface area contributed by atoms with Crippen molar-refractivity contribution >= 4 is 5.91 Å². The molecular formula is C13H15N5O2. The van der Waals surface area contributed by atoms with Gasteiger partial charge in [-0.1, -0.05) is 0 Å². The lowest BCUT2D eigenvalue weighted by Gasteiger charge is -2.22. The maximum Gasteiger partial charge on any atom is 0.276 e. The minimum Gasteiger partial charge on any atom is -0.505 e. The van der Waals surface area contributed by atoms with E-state index in [1.54, 1.807) is 11.0 Å². The molecule has 104 valence electrons. The Labute approximate surface area is 115 Å². The van der Waals surface area contributed by atoms with Gasteiger partial charge in [0.2, 0.25) is 0 Å². The number of carbonyl (C=O) groups excluding carboxylic acids is 1. The van der Waals surface area contributed by atoms with E-state index >= 15 is 0 Å².